The third kappa shape index (κ3) is 3.36. The number of ether oxygens (including phenoxy) is 1. The van der Waals surface area contributed by atoms with Gasteiger partial charge in [0.25, 0.3) is 0 Å². The number of aromatic nitrogens is 1. The van der Waals surface area contributed by atoms with Crippen molar-refractivity contribution in [1.82, 2.24) is 4.98 Å². The fourth-order valence-corrected chi connectivity index (χ4v) is 2.29. The van der Waals surface area contributed by atoms with E-state index in [1.54, 1.807) is 6.07 Å². The van der Waals surface area contributed by atoms with E-state index in [1.165, 1.54) is 6.07 Å². The molecule has 0 atom stereocenters. The predicted octanol–water partition coefficient (Wildman–Crippen LogP) is 4.21. The first-order chi connectivity index (χ1) is 9.49. The van der Waals surface area contributed by atoms with Gasteiger partial charge in [-0.25, -0.2) is 9.78 Å². The first-order valence-electron chi connectivity index (χ1n) is 6.18. The number of carboxylic acids is 1. The van der Waals surface area contributed by atoms with E-state index in [1.807, 2.05) is 32.0 Å². The van der Waals surface area contributed by atoms with Gasteiger partial charge in [-0.2, -0.15) is 0 Å². The molecule has 0 aliphatic heterocycles. The number of carbonyl (C=O) groups is 1. The number of carboxylic acid groups (broad SMARTS) is 1. The molecule has 2 aromatic rings. The number of benzene rings is 1. The van der Waals surface area contributed by atoms with Crippen molar-refractivity contribution < 1.29 is 14.6 Å². The largest absolute Gasteiger partial charge is 0.478 e. The molecular weight excluding hydrogens is 322 g/mol. The minimum atomic E-state index is -0.991. The molecule has 0 bridgehead atoms. The summed E-state index contributed by atoms with van der Waals surface area (Å²) in [5.41, 5.74) is 1.96. The lowest BCUT2D eigenvalue weighted by Gasteiger charge is -2.09. The normalized spacial score (nSPS) is 10.3. The molecule has 4 nitrogen and oxygen atoms in total. The average Bonchev–Trinajstić information content (AvgIpc) is 2.41. The van der Waals surface area contributed by atoms with E-state index in [4.69, 9.17) is 9.84 Å². The Hall–Kier alpha value is -1.88. The molecule has 0 saturated carbocycles. The van der Waals surface area contributed by atoms with Crippen molar-refractivity contribution in [3.63, 3.8) is 0 Å². The van der Waals surface area contributed by atoms with Crippen LogP contribution in [0.1, 0.15) is 28.5 Å². The van der Waals surface area contributed by atoms with Crippen LogP contribution in [0, 0.1) is 6.92 Å². The SMILES string of the molecule is CCc1cc(C(=O)O)cc(Oc2ccc(C)cc2Br)n1. The van der Waals surface area contributed by atoms with Gasteiger partial charge >= 0.3 is 5.97 Å². The van der Waals surface area contributed by atoms with Crippen molar-refractivity contribution in [2.24, 2.45) is 0 Å². The summed E-state index contributed by atoms with van der Waals surface area (Å²) in [7, 11) is 0. The second-order valence-corrected chi connectivity index (χ2v) is 5.23. The first-order valence-corrected chi connectivity index (χ1v) is 6.97. The smallest absolute Gasteiger partial charge is 0.335 e. The lowest BCUT2D eigenvalue weighted by atomic mass is 10.2. The topological polar surface area (TPSA) is 59.4 Å². The number of nitrogens with zero attached hydrogens (tertiary/aromatic N) is 1. The second-order valence-electron chi connectivity index (χ2n) is 4.38. The molecule has 0 spiro atoms. The Morgan fingerprint density at radius 2 is 2.10 bits per heavy atom. The number of hydrogen-bond donors (Lipinski definition) is 1. The van der Waals surface area contributed by atoms with Gasteiger partial charge in [0.2, 0.25) is 5.88 Å². The van der Waals surface area contributed by atoms with Crippen LogP contribution in [-0.2, 0) is 6.42 Å². The Balaban J connectivity index is 2.37. The summed E-state index contributed by atoms with van der Waals surface area (Å²) >= 11 is 3.42. The van der Waals surface area contributed by atoms with Crippen LogP contribution in [0.5, 0.6) is 11.6 Å². The van der Waals surface area contributed by atoms with Gasteiger partial charge in [0.1, 0.15) is 5.75 Å². The van der Waals surface area contributed by atoms with Crippen molar-refractivity contribution in [3.05, 3.63) is 51.6 Å². The monoisotopic (exact) mass is 335 g/mol. The lowest BCUT2D eigenvalue weighted by molar-refractivity contribution is 0.0696. The van der Waals surface area contributed by atoms with Crippen LogP contribution < -0.4 is 4.74 Å². The fraction of sp³-hybridized carbons (Fsp3) is 0.200. The molecule has 0 aliphatic rings. The van der Waals surface area contributed by atoms with Gasteiger partial charge in [-0.1, -0.05) is 13.0 Å². The Kier molecular flexibility index (Phi) is 4.39. The third-order valence-electron chi connectivity index (χ3n) is 2.77. The summed E-state index contributed by atoms with van der Waals surface area (Å²) in [5, 5.41) is 9.09. The Morgan fingerprint density at radius 1 is 1.35 bits per heavy atom. The highest BCUT2D eigenvalue weighted by Gasteiger charge is 2.10. The van der Waals surface area contributed by atoms with Crippen LogP contribution in [0.3, 0.4) is 0 Å². The Labute approximate surface area is 125 Å². The minimum absolute atomic E-state index is 0.176. The van der Waals surface area contributed by atoms with Crippen molar-refractivity contribution >= 4 is 21.9 Å². The van der Waals surface area contributed by atoms with Gasteiger partial charge in [0.05, 0.1) is 10.0 Å². The minimum Gasteiger partial charge on any atom is -0.478 e. The van der Waals surface area contributed by atoms with E-state index in [2.05, 4.69) is 20.9 Å². The maximum Gasteiger partial charge on any atom is 0.335 e. The number of rotatable bonds is 4. The van der Waals surface area contributed by atoms with Crippen molar-refractivity contribution in [2.75, 3.05) is 0 Å². The molecular formula is C15H14BrNO3. The van der Waals surface area contributed by atoms with E-state index in [-0.39, 0.29) is 11.4 Å². The van der Waals surface area contributed by atoms with Crippen molar-refractivity contribution in [1.29, 1.82) is 0 Å². The molecule has 104 valence electrons. The Bertz CT molecular complexity index is 656. The number of hydrogen-bond acceptors (Lipinski definition) is 3. The van der Waals surface area contributed by atoms with Crippen LogP contribution in [0.15, 0.2) is 34.8 Å². The van der Waals surface area contributed by atoms with Gasteiger partial charge in [-0.05, 0) is 53.0 Å². The summed E-state index contributed by atoms with van der Waals surface area (Å²) < 4.78 is 6.48. The number of halogens is 1. The molecule has 1 heterocycles. The maximum absolute atomic E-state index is 11.1. The molecule has 1 N–H and O–H groups in total. The van der Waals surface area contributed by atoms with Gasteiger partial charge in [0, 0.05) is 11.8 Å². The quantitative estimate of drug-likeness (QED) is 0.909. The first kappa shape index (κ1) is 14.5. The molecule has 0 radical (unpaired) electrons. The second kappa shape index (κ2) is 6.05. The number of pyridine rings is 1. The summed E-state index contributed by atoms with van der Waals surface area (Å²) in [6.45, 7) is 3.90. The molecule has 0 unspecified atom stereocenters. The summed E-state index contributed by atoms with van der Waals surface area (Å²) in [6, 6.07) is 8.65. The summed E-state index contributed by atoms with van der Waals surface area (Å²) in [6.07, 6.45) is 0.645. The third-order valence-corrected chi connectivity index (χ3v) is 3.39. The van der Waals surface area contributed by atoms with Crippen LogP contribution in [-0.4, -0.2) is 16.1 Å². The molecule has 0 aliphatic carbocycles. The van der Waals surface area contributed by atoms with Crippen molar-refractivity contribution in [3.8, 4) is 11.6 Å². The van der Waals surface area contributed by atoms with Crippen LogP contribution >= 0.6 is 15.9 Å². The molecule has 0 amide bonds. The van der Waals surface area contributed by atoms with Gasteiger partial charge in [-0.3, -0.25) is 0 Å². The highest BCUT2D eigenvalue weighted by atomic mass is 79.9. The highest BCUT2D eigenvalue weighted by molar-refractivity contribution is 9.10. The van der Waals surface area contributed by atoms with E-state index < -0.39 is 5.97 Å². The number of aryl methyl sites for hydroxylation is 2. The zero-order valence-electron chi connectivity index (χ0n) is 11.2. The highest BCUT2D eigenvalue weighted by Crippen LogP contribution is 2.30. The molecule has 1 aromatic heterocycles. The van der Waals surface area contributed by atoms with Gasteiger partial charge in [-0.15, -0.1) is 0 Å². The standard InChI is InChI=1S/C15H14BrNO3/c1-3-11-7-10(15(18)19)8-14(17-11)20-13-5-4-9(2)6-12(13)16/h4-8H,3H2,1-2H3,(H,18,19). The van der Waals surface area contributed by atoms with E-state index >= 15 is 0 Å². The zero-order valence-corrected chi connectivity index (χ0v) is 12.8. The molecule has 5 heteroatoms. The number of aromatic carboxylic acids is 1. The zero-order chi connectivity index (χ0) is 14.7. The van der Waals surface area contributed by atoms with E-state index in [9.17, 15) is 4.79 Å². The lowest BCUT2D eigenvalue weighted by Crippen LogP contribution is -2.01. The van der Waals surface area contributed by atoms with Gasteiger partial charge in [0.15, 0.2) is 0 Å². The van der Waals surface area contributed by atoms with Crippen LogP contribution in [0.2, 0.25) is 0 Å². The molecule has 20 heavy (non-hydrogen) atoms. The molecule has 0 saturated heterocycles. The predicted molar refractivity (Wildman–Crippen MR) is 79.5 cm³/mol. The Morgan fingerprint density at radius 3 is 2.70 bits per heavy atom. The van der Waals surface area contributed by atoms with Crippen LogP contribution in [0.25, 0.3) is 0 Å². The summed E-state index contributed by atoms with van der Waals surface area (Å²) in [5.74, 6) is -0.103. The summed E-state index contributed by atoms with van der Waals surface area (Å²) in [4.78, 5) is 15.4. The van der Waals surface area contributed by atoms with E-state index in [0.29, 0.717) is 17.9 Å². The fourth-order valence-electron chi connectivity index (χ4n) is 1.72. The van der Waals surface area contributed by atoms with Crippen LogP contribution in [0.4, 0.5) is 0 Å². The van der Waals surface area contributed by atoms with Gasteiger partial charge < -0.3 is 9.84 Å². The van der Waals surface area contributed by atoms with Crippen molar-refractivity contribution in [2.45, 2.75) is 20.3 Å². The average molecular weight is 336 g/mol. The van der Waals surface area contributed by atoms with E-state index in [0.717, 1.165) is 10.0 Å². The molecule has 1 aromatic carbocycles. The maximum atomic E-state index is 11.1. The molecule has 0 fully saturated rings. The molecule has 2 rings (SSSR count).